The van der Waals surface area contributed by atoms with Crippen molar-refractivity contribution in [1.82, 2.24) is 19.3 Å². The number of fused-ring (bicyclic) bond motifs is 2. The average molecular weight is 444 g/mol. The van der Waals surface area contributed by atoms with E-state index >= 15 is 0 Å². The van der Waals surface area contributed by atoms with Crippen molar-refractivity contribution in [2.75, 3.05) is 0 Å². The van der Waals surface area contributed by atoms with Crippen LogP contribution in [0.25, 0.3) is 21.9 Å². The van der Waals surface area contributed by atoms with E-state index in [-0.39, 0.29) is 0 Å². The predicted molar refractivity (Wildman–Crippen MR) is 111 cm³/mol. The summed E-state index contributed by atoms with van der Waals surface area (Å²) in [6, 6.07) is 16.8. The van der Waals surface area contributed by atoms with E-state index in [1.165, 1.54) is 10.9 Å². The van der Waals surface area contributed by atoms with Crippen LogP contribution in [0.4, 0.5) is 0 Å². The van der Waals surface area contributed by atoms with Gasteiger partial charge in [0, 0.05) is 11.9 Å². The molecule has 2 aromatic heterocycles. The first-order valence-corrected chi connectivity index (χ1v) is 9.76. The molecule has 0 saturated carbocycles. The summed E-state index contributed by atoms with van der Waals surface area (Å²) in [4.78, 5) is 4.90. The number of imidazole rings is 1. The zero-order valence-electron chi connectivity index (χ0n) is 14.5. The topological polar surface area (TPSA) is 35.6 Å². The number of aromatic nitrogens is 4. The second-order valence-corrected chi connectivity index (χ2v) is 7.84. The monoisotopic (exact) mass is 444 g/mol. The van der Waals surface area contributed by atoms with Crippen molar-refractivity contribution in [3.05, 3.63) is 58.1 Å². The molecule has 0 aliphatic rings. The maximum atomic E-state index is 4.90. The largest absolute Gasteiger partial charge is 0.326 e. The second kappa shape index (κ2) is 6.78. The smallest absolute Gasteiger partial charge is 0.131 e. The molecular formula is C20H21IN4. The molecule has 4 aromatic rings. The lowest BCUT2D eigenvalue weighted by Gasteiger charge is -2.11. The molecule has 0 fully saturated rings. The molecule has 0 aliphatic heterocycles. The van der Waals surface area contributed by atoms with Gasteiger partial charge in [-0.15, -0.1) is 0 Å². The summed E-state index contributed by atoms with van der Waals surface area (Å²) in [6.45, 7) is 6.21. The Balaban J connectivity index is 1.78. The lowest BCUT2D eigenvalue weighted by atomic mass is 10.1. The minimum Gasteiger partial charge on any atom is -0.326 e. The highest BCUT2D eigenvalue weighted by molar-refractivity contribution is 14.1. The lowest BCUT2D eigenvalue weighted by Crippen LogP contribution is -2.11. The normalized spacial score (nSPS) is 11.8. The molecule has 0 amide bonds. The van der Waals surface area contributed by atoms with Gasteiger partial charge in [-0.2, -0.15) is 5.10 Å². The fourth-order valence-electron chi connectivity index (χ4n) is 3.22. The van der Waals surface area contributed by atoms with Crippen LogP contribution in [0.15, 0.2) is 48.5 Å². The maximum absolute atomic E-state index is 4.90. The van der Waals surface area contributed by atoms with Gasteiger partial charge < -0.3 is 4.57 Å². The first-order valence-electron chi connectivity index (χ1n) is 8.68. The van der Waals surface area contributed by atoms with Crippen LogP contribution in [0.2, 0.25) is 0 Å². The highest BCUT2D eigenvalue weighted by Gasteiger charge is 2.14. The first kappa shape index (κ1) is 16.6. The van der Waals surface area contributed by atoms with Gasteiger partial charge in [0.1, 0.15) is 9.53 Å². The summed E-state index contributed by atoms with van der Waals surface area (Å²) in [5, 5.41) is 5.94. The molecule has 0 spiro atoms. The number of benzene rings is 2. The second-order valence-electron chi connectivity index (χ2n) is 6.82. The summed E-state index contributed by atoms with van der Waals surface area (Å²) in [6.07, 6.45) is 1.14. The van der Waals surface area contributed by atoms with E-state index in [2.05, 4.69) is 94.2 Å². The summed E-state index contributed by atoms with van der Waals surface area (Å²) in [5.41, 5.74) is 3.44. The van der Waals surface area contributed by atoms with E-state index in [1.54, 1.807) is 0 Å². The van der Waals surface area contributed by atoms with E-state index in [0.717, 1.165) is 33.5 Å². The minimum atomic E-state index is 0.667. The first-order chi connectivity index (χ1) is 12.1. The number of aryl methyl sites for hydroxylation is 1. The number of para-hydroxylation sites is 3. The Morgan fingerprint density at radius 3 is 2.52 bits per heavy atom. The van der Waals surface area contributed by atoms with E-state index in [9.17, 15) is 0 Å². The standard InChI is InChI=1S/C20H21IN4/c1-14(2)11-12-24-18-10-6-4-8-16(18)22-19(24)13-25-17-9-5-3-7-15(17)20(21)23-25/h3-10,14H,11-13H2,1-2H3. The summed E-state index contributed by atoms with van der Waals surface area (Å²) in [7, 11) is 0. The zero-order valence-corrected chi connectivity index (χ0v) is 16.6. The van der Waals surface area contributed by atoms with Gasteiger partial charge in [-0.05, 0) is 53.1 Å². The molecule has 0 radical (unpaired) electrons. The highest BCUT2D eigenvalue weighted by atomic mass is 127. The van der Waals surface area contributed by atoms with Gasteiger partial charge in [0.2, 0.25) is 0 Å². The van der Waals surface area contributed by atoms with Gasteiger partial charge >= 0.3 is 0 Å². The molecule has 0 N–H and O–H groups in total. The molecule has 4 nitrogen and oxygen atoms in total. The third kappa shape index (κ3) is 3.17. The van der Waals surface area contributed by atoms with Crippen LogP contribution >= 0.6 is 22.6 Å². The molecule has 0 aliphatic carbocycles. The Kier molecular flexibility index (Phi) is 4.50. The van der Waals surface area contributed by atoms with Crippen molar-refractivity contribution in [3.63, 3.8) is 0 Å². The number of rotatable bonds is 5. The molecule has 2 aromatic carbocycles. The SMILES string of the molecule is CC(C)CCn1c(Cn2nc(I)c3ccccc32)nc2ccccc21. The molecule has 128 valence electrons. The molecule has 4 rings (SSSR count). The van der Waals surface area contributed by atoms with Crippen LogP contribution in [0.5, 0.6) is 0 Å². The van der Waals surface area contributed by atoms with Gasteiger partial charge in [-0.25, -0.2) is 4.98 Å². The van der Waals surface area contributed by atoms with Gasteiger partial charge in [0.25, 0.3) is 0 Å². The maximum Gasteiger partial charge on any atom is 0.131 e. The van der Waals surface area contributed by atoms with Crippen LogP contribution < -0.4 is 0 Å². The molecule has 0 saturated heterocycles. The van der Waals surface area contributed by atoms with Crippen LogP contribution in [0.3, 0.4) is 0 Å². The average Bonchev–Trinajstić information content (AvgIpc) is 3.11. The zero-order chi connectivity index (χ0) is 17.4. The Bertz CT molecular complexity index is 1030. The van der Waals surface area contributed by atoms with Crippen LogP contribution in [-0.4, -0.2) is 19.3 Å². The summed E-state index contributed by atoms with van der Waals surface area (Å²) >= 11 is 2.31. The molecule has 0 atom stereocenters. The van der Waals surface area contributed by atoms with E-state index in [0.29, 0.717) is 12.5 Å². The molecule has 2 heterocycles. The Morgan fingerprint density at radius 2 is 1.72 bits per heavy atom. The van der Waals surface area contributed by atoms with E-state index in [1.807, 2.05) is 0 Å². The van der Waals surface area contributed by atoms with Gasteiger partial charge in [-0.1, -0.05) is 44.2 Å². The number of hydrogen-bond acceptors (Lipinski definition) is 2. The highest BCUT2D eigenvalue weighted by Crippen LogP contribution is 2.23. The van der Waals surface area contributed by atoms with Gasteiger partial charge in [0.05, 0.1) is 23.1 Å². The summed E-state index contributed by atoms with van der Waals surface area (Å²) in [5.74, 6) is 1.74. The van der Waals surface area contributed by atoms with Gasteiger partial charge in [-0.3, -0.25) is 4.68 Å². The minimum absolute atomic E-state index is 0.667. The molecular weight excluding hydrogens is 423 g/mol. The van der Waals surface area contributed by atoms with Crippen molar-refractivity contribution >= 4 is 44.5 Å². The van der Waals surface area contributed by atoms with E-state index < -0.39 is 0 Å². The van der Waals surface area contributed by atoms with Gasteiger partial charge in [0.15, 0.2) is 0 Å². The van der Waals surface area contributed by atoms with Crippen molar-refractivity contribution in [2.24, 2.45) is 5.92 Å². The Hall–Kier alpha value is -1.89. The predicted octanol–water partition coefficient (Wildman–Crippen LogP) is 5.09. The number of nitrogens with zero attached hydrogens (tertiary/aromatic N) is 4. The van der Waals surface area contributed by atoms with Crippen molar-refractivity contribution in [2.45, 2.75) is 33.4 Å². The van der Waals surface area contributed by atoms with Crippen LogP contribution in [0.1, 0.15) is 26.1 Å². The Morgan fingerprint density at radius 1 is 1.00 bits per heavy atom. The van der Waals surface area contributed by atoms with Crippen molar-refractivity contribution in [3.8, 4) is 0 Å². The van der Waals surface area contributed by atoms with Crippen molar-refractivity contribution in [1.29, 1.82) is 0 Å². The molecule has 5 heteroatoms. The van der Waals surface area contributed by atoms with E-state index in [4.69, 9.17) is 10.1 Å². The number of hydrogen-bond donors (Lipinski definition) is 0. The number of halogens is 1. The van der Waals surface area contributed by atoms with Crippen LogP contribution in [0, 0.1) is 9.62 Å². The van der Waals surface area contributed by atoms with Crippen molar-refractivity contribution < 1.29 is 0 Å². The Labute approximate surface area is 161 Å². The molecule has 0 bridgehead atoms. The molecule has 25 heavy (non-hydrogen) atoms. The fourth-order valence-corrected chi connectivity index (χ4v) is 3.94. The fraction of sp³-hybridized carbons (Fsp3) is 0.300. The third-order valence-corrected chi connectivity index (χ3v) is 5.36. The summed E-state index contributed by atoms with van der Waals surface area (Å²) < 4.78 is 5.47. The van der Waals surface area contributed by atoms with Crippen LogP contribution in [-0.2, 0) is 13.1 Å². The third-order valence-electron chi connectivity index (χ3n) is 4.57. The molecule has 0 unspecified atom stereocenters. The quantitative estimate of drug-likeness (QED) is 0.403. The lowest BCUT2D eigenvalue weighted by molar-refractivity contribution is 0.504.